The molecule has 6 rings (SSSR count). The number of piperazine rings is 1. The Labute approximate surface area is 282 Å². The van der Waals surface area contributed by atoms with Gasteiger partial charge in [-0.3, -0.25) is 19.3 Å². The highest BCUT2D eigenvalue weighted by Crippen LogP contribution is 2.38. The molecule has 0 atom stereocenters. The van der Waals surface area contributed by atoms with E-state index in [-0.39, 0.29) is 17.7 Å². The van der Waals surface area contributed by atoms with Crippen molar-refractivity contribution < 1.29 is 18.8 Å². The second kappa shape index (κ2) is 15.1. The summed E-state index contributed by atoms with van der Waals surface area (Å²) in [5.74, 6) is -0.232. The van der Waals surface area contributed by atoms with Gasteiger partial charge in [0.2, 0.25) is 11.8 Å². The number of fused-ring (bicyclic) bond motifs is 1. The van der Waals surface area contributed by atoms with Crippen molar-refractivity contribution in [2.45, 2.75) is 45.1 Å². The first-order valence-electron chi connectivity index (χ1n) is 17.0. The minimum atomic E-state index is -0.433. The van der Waals surface area contributed by atoms with Crippen molar-refractivity contribution in [3.63, 3.8) is 0 Å². The van der Waals surface area contributed by atoms with Crippen molar-refractivity contribution in [1.82, 2.24) is 15.1 Å². The van der Waals surface area contributed by atoms with E-state index in [2.05, 4.69) is 32.8 Å². The van der Waals surface area contributed by atoms with Crippen LogP contribution in [-0.2, 0) is 20.9 Å². The number of rotatable bonds is 10. The van der Waals surface area contributed by atoms with Crippen LogP contribution in [0.1, 0.15) is 55.2 Å². The fourth-order valence-electron chi connectivity index (χ4n) is 6.80. The summed E-state index contributed by atoms with van der Waals surface area (Å²) in [6, 6.07) is 19.5. The van der Waals surface area contributed by atoms with E-state index in [1.165, 1.54) is 31.4 Å². The fraction of sp³-hybridized carbons (Fsp3) is 0.395. The van der Waals surface area contributed by atoms with Gasteiger partial charge in [-0.15, -0.1) is 0 Å². The number of hydrogen-bond acceptors (Lipinski definition) is 6. The topological polar surface area (TPSA) is 97.0 Å². The van der Waals surface area contributed by atoms with E-state index in [4.69, 9.17) is 0 Å². The van der Waals surface area contributed by atoms with Crippen LogP contribution in [0.25, 0.3) is 11.3 Å². The summed E-state index contributed by atoms with van der Waals surface area (Å²) in [7, 11) is 3.88. The summed E-state index contributed by atoms with van der Waals surface area (Å²) in [5, 5.41) is 9.34. The van der Waals surface area contributed by atoms with Gasteiger partial charge in [-0.25, -0.2) is 4.39 Å². The van der Waals surface area contributed by atoms with E-state index in [9.17, 15) is 18.8 Å². The molecule has 1 saturated heterocycles. The molecule has 1 saturated carbocycles. The molecule has 10 heteroatoms. The van der Waals surface area contributed by atoms with Crippen molar-refractivity contribution in [2.24, 2.45) is 5.92 Å². The zero-order chi connectivity index (χ0) is 33.6. The summed E-state index contributed by atoms with van der Waals surface area (Å²) in [4.78, 5) is 45.3. The summed E-state index contributed by atoms with van der Waals surface area (Å²) in [6.45, 7) is 4.38. The number of amides is 3. The molecule has 3 aromatic rings. The van der Waals surface area contributed by atoms with Crippen molar-refractivity contribution in [2.75, 3.05) is 62.4 Å². The molecule has 0 spiro atoms. The molecule has 2 fully saturated rings. The molecule has 0 radical (unpaired) electrons. The number of halogens is 1. The number of hydrogen-bond donors (Lipinski definition) is 3. The number of carbonyl (C=O) groups excluding carboxylic acids is 3. The zero-order valence-corrected chi connectivity index (χ0v) is 27.9. The molecule has 48 heavy (non-hydrogen) atoms. The Hall–Kier alpha value is -4.54. The van der Waals surface area contributed by atoms with Crippen molar-refractivity contribution in [3.8, 4) is 0 Å². The summed E-state index contributed by atoms with van der Waals surface area (Å²) in [5.41, 5.74) is 5.09. The van der Waals surface area contributed by atoms with E-state index in [0.29, 0.717) is 47.9 Å². The molecule has 9 nitrogen and oxygen atoms in total. The molecule has 1 aliphatic carbocycles. The Morgan fingerprint density at radius 1 is 0.958 bits per heavy atom. The van der Waals surface area contributed by atoms with Crippen LogP contribution in [0.5, 0.6) is 0 Å². The maximum absolute atomic E-state index is 14.1. The molecule has 2 aliphatic heterocycles. The van der Waals surface area contributed by atoms with Crippen LogP contribution in [0.2, 0.25) is 0 Å². The Morgan fingerprint density at radius 3 is 2.46 bits per heavy atom. The highest BCUT2D eigenvalue weighted by molar-refractivity contribution is 6.37. The average molecular weight is 653 g/mol. The van der Waals surface area contributed by atoms with Crippen LogP contribution in [0.3, 0.4) is 0 Å². The first-order chi connectivity index (χ1) is 23.2. The van der Waals surface area contributed by atoms with E-state index in [1.54, 1.807) is 18.0 Å². The smallest absolute Gasteiger partial charge is 0.258 e. The highest BCUT2D eigenvalue weighted by Gasteiger charge is 2.29. The Balaban J connectivity index is 1.22. The van der Waals surface area contributed by atoms with Crippen LogP contribution >= 0.6 is 0 Å². The third-order valence-corrected chi connectivity index (χ3v) is 9.73. The molecule has 2 heterocycles. The molecule has 0 aromatic heterocycles. The molecule has 252 valence electrons. The zero-order valence-electron chi connectivity index (χ0n) is 27.9. The fourth-order valence-corrected chi connectivity index (χ4v) is 6.80. The van der Waals surface area contributed by atoms with Crippen LogP contribution in [-0.4, -0.2) is 74.3 Å². The predicted molar refractivity (Wildman–Crippen MR) is 189 cm³/mol. The second-order valence-electron chi connectivity index (χ2n) is 13.3. The quantitative estimate of drug-likeness (QED) is 0.249. The number of benzene rings is 3. The predicted octanol–water partition coefficient (Wildman–Crippen LogP) is 5.56. The first-order valence-corrected chi connectivity index (χ1v) is 17.0. The van der Waals surface area contributed by atoms with Crippen molar-refractivity contribution >= 4 is 46.1 Å². The number of nitrogens with one attached hydrogen (secondary N) is 3. The van der Waals surface area contributed by atoms with Gasteiger partial charge in [0.15, 0.2) is 0 Å². The number of carbonyl (C=O) groups is 3. The largest absolute Gasteiger partial charge is 0.354 e. The molecule has 3 N–H and O–H groups in total. The number of anilines is 3. The monoisotopic (exact) mass is 652 g/mol. The normalized spacial score (nSPS) is 18.2. The standard InChI is InChI=1S/C38H45FN6O3/c1-43-17-19-45(20-18-43)25-35(47)44(2)31-14-12-30(13-15-31)41-37(36-32-16-11-29(39)23-33(32)42-38(36)48)28-10-6-9-27(21-28)24-40-34(46)22-26-7-4-3-5-8-26/h6,9-16,21,23,26,41H,3-5,7-8,17-20,22,24-25H2,1-2H3,(H,40,46)(H,42,48). The Morgan fingerprint density at radius 2 is 1.71 bits per heavy atom. The van der Waals surface area contributed by atoms with Gasteiger partial charge in [-0.1, -0.05) is 37.5 Å². The maximum atomic E-state index is 14.1. The van der Waals surface area contributed by atoms with Gasteiger partial charge in [0.25, 0.3) is 5.91 Å². The lowest BCUT2D eigenvalue weighted by molar-refractivity contribution is -0.122. The van der Waals surface area contributed by atoms with Gasteiger partial charge < -0.3 is 25.8 Å². The van der Waals surface area contributed by atoms with Crippen LogP contribution < -0.4 is 20.9 Å². The van der Waals surface area contributed by atoms with Gasteiger partial charge in [0.1, 0.15) is 5.82 Å². The lowest BCUT2D eigenvalue weighted by atomic mass is 9.87. The average Bonchev–Trinajstić information content (AvgIpc) is 3.42. The SMILES string of the molecule is CN1CCN(CC(=O)N(C)c2ccc(NC(=C3C(=O)Nc4cc(F)ccc43)c3cccc(CNC(=O)CC4CCCCC4)c3)cc2)CC1. The Kier molecular flexibility index (Phi) is 10.5. The summed E-state index contributed by atoms with van der Waals surface area (Å²) >= 11 is 0. The van der Waals surface area contributed by atoms with E-state index in [0.717, 1.165) is 61.5 Å². The molecule has 0 unspecified atom stereocenters. The summed E-state index contributed by atoms with van der Waals surface area (Å²) in [6.07, 6.45) is 6.43. The molecule has 0 bridgehead atoms. The molecular formula is C38H45FN6O3. The third-order valence-electron chi connectivity index (χ3n) is 9.73. The minimum absolute atomic E-state index is 0.0252. The van der Waals surface area contributed by atoms with E-state index >= 15 is 0 Å². The van der Waals surface area contributed by atoms with Gasteiger partial charge in [-0.2, -0.15) is 0 Å². The summed E-state index contributed by atoms with van der Waals surface area (Å²) < 4.78 is 14.1. The van der Waals surface area contributed by atoms with E-state index < -0.39 is 5.82 Å². The van der Waals surface area contributed by atoms with Crippen LogP contribution in [0, 0.1) is 11.7 Å². The van der Waals surface area contributed by atoms with Crippen molar-refractivity contribution in [1.29, 1.82) is 0 Å². The third kappa shape index (κ3) is 8.11. The first kappa shape index (κ1) is 33.4. The van der Waals surface area contributed by atoms with Crippen LogP contribution in [0.15, 0.2) is 66.7 Å². The number of likely N-dealkylation sites (N-methyl/N-ethyl adjacent to an activating group) is 2. The van der Waals surface area contributed by atoms with E-state index in [1.807, 2.05) is 48.5 Å². The Bertz CT molecular complexity index is 1680. The van der Waals surface area contributed by atoms with Gasteiger partial charge in [-0.05, 0) is 85.5 Å². The second-order valence-corrected chi connectivity index (χ2v) is 13.3. The maximum Gasteiger partial charge on any atom is 0.258 e. The lowest BCUT2D eigenvalue weighted by Crippen LogP contribution is -2.48. The number of nitrogens with zero attached hydrogens (tertiary/aromatic N) is 3. The highest BCUT2D eigenvalue weighted by atomic mass is 19.1. The van der Waals surface area contributed by atoms with Gasteiger partial charge in [0.05, 0.1) is 23.5 Å². The lowest BCUT2D eigenvalue weighted by Gasteiger charge is -2.32. The molecule has 3 aliphatic rings. The molecular weight excluding hydrogens is 607 g/mol. The van der Waals surface area contributed by atoms with Gasteiger partial charge in [0, 0.05) is 63.1 Å². The van der Waals surface area contributed by atoms with Crippen LogP contribution in [0.4, 0.5) is 21.5 Å². The minimum Gasteiger partial charge on any atom is -0.354 e. The van der Waals surface area contributed by atoms with Crippen molar-refractivity contribution in [3.05, 3.63) is 89.2 Å². The molecule has 3 aromatic carbocycles. The molecule has 3 amide bonds. The van der Waals surface area contributed by atoms with Gasteiger partial charge >= 0.3 is 0 Å².